The van der Waals surface area contributed by atoms with E-state index in [1.807, 2.05) is 30.7 Å². The molecule has 7 heteroatoms. The van der Waals surface area contributed by atoms with Crippen LogP contribution in [0.25, 0.3) is 16.3 Å². The van der Waals surface area contributed by atoms with Crippen molar-refractivity contribution in [3.05, 3.63) is 55.1 Å². The van der Waals surface area contributed by atoms with Crippen molar-refractivity contribution in [2.45, 2.75) is 26.9 Å². The Bertz CT molecular complexity index is 968. The van der Waals surface area contributed by atoms with Gasteiger partial charge in [-0.2, -0.15) is 11.3 Å². The second-order valence-corrected chi connectivity index (χ2v) is 7.37. The molecule has 3 heterocycles. The van der Waals surface area contributed by atoms with Gasteiger partial charge in [0.2, 0.25) is 0 Å². The first-order valence-corrected chi connectivity index (χ1v) is 9.12. The van der Waals surface area contributed by atoms with E-state index in [9.17, 15) is 9.59 Å². The van der Waals surface area contributed by atoms with Gasteiger partial charge >= 0.3 is 5.97 Å². The van der Waals surface area contributed by atoms with Gasteiger partial charge in [-0.3, -0.25) is 4.79 Å². The molecule has 0 spiro atoms. The highest BCUT2D eigenvalue weighted by Crippen LogP contribution is 2.26. The summed E-state index contributed by atoms with van der Waals surface area (Å²) in [6.45, 7) is 5.55. The van der Waals surface area contributed by atoms with Crippen molar-refractivity contribution in [2.75, 3.05) is 0 Å². The maximum atomic E-state index is 12.3. The Morgan fingerprint density at radius 2 is 2.21 bits per heavy atom. The molecule has 0 amide bonds. The van der Waals surface area contributed by atoms with Gasteiger partial charge in [0.25, 0.3) is 5.56 Å². The molecule has 0 unspecified atom stereocenters. The lowest BCUT2D eigenvalue weighted by Gasteiger charge is -2.10. The first kappa shape index (κ1) is 16.6. The quantitative estimate of drug-likeness (QED) is 0.564. The summed E-state index contributed by atoms with van der Waals surface area (Å²) in [5.74, 6) is -0.124. The first-order chi connectivity index (χ1) is 11.5. The number of hydrogen-bond donors (Lipinski definition) is 1. The fourth-order valence-electron chi connectivity index (χ4n) is 2.27. The SMILES string of the molecule is Cc1sc2nc([C@H](C)OC(=O)/C=C/c3ccsc3)[nH]c(=O)c2c1C. The smallest absolute Gasteiger partial charge is 0.331 e. The number of esters is 1. The highest BCUT2D eigenvalue weighted by atomic mass is 32.1. The zero-order chi connectivity index (χ0) is 17.3. The predicted octanol–water partition coefficient (Wildman–Crippen LogP) is 3.98. The molecule has 0 radical (unpaired) electrons. The zero-order valence-corrected chi connectivity index (χ0v) is 15.1. The Hall–Kier alpha value is -2.25. The molecule has 3 rings (SSSR count). The summed E-state index contributed by atoms with van der Waals surface area (Å²) in [5.41, 5.74) is 1.69. The molecule has 0 fully saturated rings. The van der Waals surface area contributed by atoms with E-state index in [0.29, 0.717) is 16.0 Å². The fraction of sp³-hybridized carbons (Fsp3) is 0.235. The molecule has 0 saturated carbocycles. The summed E-state index contributed by atoms with van der Waals surface area (Å²) in [7, 11) is 0. The minimum absolute atomic E-state index is 0.200. The number of carbonyl (C=O) groups excluding carboxylic acids is 1. The Kier molecular flexibility index (Phi) is 4.64. The molecule has 24 heavy (non-hydrogen) atoms. The van der Waals surface area contributed by atoms with Gasteiger partial charge in [0, 0.05) is 11.0 Å². The number of aromatic amines is 1. The van der Waals surface area contributed by atoms with Crippen LogP contribution in [0.4, 0.5) is 0 Å². The molecule has 0 aliphatic carbocycles. The van der Waals surface area contributed by atoms with Gasteiger partial charge < -0.3 is 9.72 Å². The molecule has 0 aliphatic heterocycles. The summed E-state index contributed by atoms with van der Waals surface area (Å²) >= 11 is 3.02. The van der Waals surface area contributed by atoms with Crippen LogP contribution in [-0.2, 0) is 9.53 Å². The summed E-state index contributed by atoms with van der Waals surface area (Å²) in [6, 6.07) is 1.91. The van der Waals surface area contributed by atoms with Crippen LogP contribution in [0.5, 0.6) is 0 Å². The van der Waals surface area contributed by atoms with Gasteiger partial charge in [-0.05, 0) is 54.8 Å². The number of ether oxygens (including phenoxy) is 1. The summed E-state index contributed by atoms with van der Waals surface area (Å²) in [6.07, 6.45) is 2.43. The van der Waals surface area contributed by atoms with E-state index in [1.54, 1.807) is 24.3 Å². The Morgan fingerprint density at radius 1 is 1.42 bits per heavy atom. The number of nitrogens with zero attached hydrogens (tertiary/aromatic N) is 1. The maximum Gasteiger partial charge on any atom is 0.331 e. The minimum atomic E-state index is -0.635. The Labute approximate surface area is 146 Å². The molecule has 1 atom stereocenters. The highest BCUT2D eigenvalue weighted by molar-refractivity contribution is 7.18. The average molecular weight is 360 g/mol. The standard InChI is InChI=1S/C17H16N2O3S2/c1-9-11(3)24-17-14(9)16(21)18-15(19-17)10(2)22-13(20)5-4-12-6-7-23-8-12/h4-8,10H,1-3H3,(H,18,19,21)/b5-4+/t10-/m0/s1. The molecule has 0 bridgehead atoms. The van der Waals surface area contributed by atoms with Crippen LogP contribution in [0.15, 0.2) is 27.7 Å². The molecule has 124 valence electrons. The van der Waals surface area contributed by atoms with Crippen LogP contribution >= 0.6 is 22.7 Å². The van der Waals surface area contributed by atoms with Crippen LogP contribution < -0.4 is 5.56 Å². The largest absolute Gasteiger partial charge is 0.451 e. The summed E-state index contributed by atoms with van der Waals surface area (Å²) < 4.78 is 5.33. The number of aromatic nitrogens is 2. The highest BCUT2D eigenvalue weighted by Gasteiger charge is 2.17. The molecule has 0 aliphatic rings. The van der Waals surface area contributed by atoms with Crippen molar-refractivity contribution in [1.29, 1.82) is 0 Å². The van der Waals surface area contributed by atoms with Crippen molar-refractivity contribution >= 4 is 44.9 Å². The zero-order valence-electron chi connectivity index (χ0n) is 13.5. The van der Waals surface area contributed by atoms with Crippen molar-refractivity contribution < 1.29 is 9.53 Å². The lowest BCUT2D eigenvalue weighted by atomic mass is 10.2. The van der Waals surface area contributed by atoms with Crippen LogP contribution in [0, 0.1) is 13.8 Å². The molecule has 3 aromatic heterocycles. The molecule has 0 saturated heterocycles. The van der Waals surface area contributed by atoms with Gasteiger partial charge in [-0.25, -0.2) is 9.78 Å². The van der Waals surface area contributed by atoms with Crippen molar-refractivity contribution in [3.8, 4) is 0 Å². The normalized spacial score (nSPS) is 12.8. The molecular weight excluding hydrogens is 344 g/mol. The monoisotopic (exact) mass is 360 g/mol. The lowest BCUT2D eigenvalue weighted by molar-refractivity contribution is -0.142. The van der Waals surface area contributed by atoms with Crippen LogP contribution in [0.3, 0.4) is 0 Å². The van der Waals surface area contributed by atoms with E-state index in [2.05, 4.69) is 9.97 Å². The molecule has 3 aromatic rings. The fourth-order valence-corrected chi connectivity index (χ4v) is 3.93. The van der Waals surface area contributed by atoms with Crippen molar-refractivity contribution in [1.82, 2.24) is 9.97 Å². The summed E-state index contributed by atoms with van der Waals surface area (Å²) in [5, 5.41) is 4.47. The van der Waals surface area contributed by atoms with E-state index in [0.717, 1.165) is 16.0 Å². The number of hydrogen-bond acceptors (Lipinski definition) is 6. The third-order valence-corrected chi connectivity index (χ3v) is 5.49. The Morgan fingerprint density at radius 3 is 2.92 bits per heavy atom. The van der Waals surface area contributed by atoms with Crippen LogP contribution in [0.2, 0.25) is 0 Å². The predicted molar refractivity (Wildman–Crippen MR) is 97.6 cm³/mol. The number of nitrogens with one attached hydrogen (secondary N) is 1. The number of thiophene rings is 2. The van der Waals surface area contributed by atoms with E-state index >= 15 is 0 Å². The van der Waals surface area contributed by atoms with E-state index in [4.69, 9.17) is 4.74 Å². The third-order valence-electron chi connectivity index (χ3n) is 3.69. The van der Waals surface area contributed by atoms with Gasteiger partial charge in [-0.1, -0.05) is 0 Å². The molecule has 5 nitrogen and oxygen atoms in total. The van der Waals surface area contributed by atoms with Gasteiger partial charge in [0.1, 0.15) is 4.83 Å². The van der Waals surface area contributed by atoms with Crippen molar-refractivity contribution in [2.24, 2.45) is 0 Å². The number of fused-ring (bicyclic) bond motifs is 1. The minimum Gasteiger partial charge on any atom is -0.451 e. The number of carbonyl (C=O) groups is 1. The number of H-pyrrole nitrogens is 1. The van der Waals surface area contributed by atoms with Gasteiger partial charge in [0.05, 0.1) is 5.39 Å². The first-order valence-electron chi connectivity index (χ1n) is 7.36. The van der Waals surface area contributed by atoms with E-state index < -0.39 is 12.1 Å². The third kappa shape index (κ3) is 3.32. The van der Waals surface area contributed by atoms with Crippen LogP contribution in [0.1, 0.15) is 34.9 Å². The molecule has 0 aromatic carbocycles. The maximum absolute atomic E-state index is 12.3. The molecular formula is C17H16N2O3S2. The Balaban J connectivity index is 1.80. The van der Waals surface area contributed by atoms with E-state index in [1.165, 1.54) is 17.4 Å². The topological polar surface area (TPSA) is 72.0 Å². The van der Waals surface area contributed by atoms with Gasteiger partial charge in [0.15, 0.2) is 11.9 Å². The lowest BCUT2D eigenvalue weighted by Crippen LogP contribution is -2.16. The van der Waals surface area contributed by atoms with E-state index in [-0.39, 0.29) is 5.56 Å². The number of rotatable bonds is 4. The number of aryl methyl sites for hydroxylation is 2. The summed E-state index contributed by atoms with van der Waals surface area (Å²) in [4.78, 5) is 33.1. The average Bonchev–Trinajstić information content (AvgIpc) is 3.14. The molecule has 1 N–H and O–H groups in total. The van der Waals surface area contributed by atoms with Crippen LogP contribution in [-0.4, -0.2) is 15.9 Å². The second-order valence-electron chi connectivity index (χ2n) is 5.38. The van der Waals surface area contributed by atoms with Crippen molar-refractivity contribution in [3.63, 3.8) is 0 Å². The second kappa shape index (κ2) is 6.70. The van der Waals surface area contributed by atoms with Gasteiger partial charge in [-0.15, -0.1) is 11.3 Å².